The summed E-state index contributed by atoms with van der Waals surface area (Å²) in [4.78, 5) is 26.1. The highest BCUT2D eigenvalue weighted by molar-refractivity contribution is 7.87. The Morgan fingerprint density at radius 1 is 0.727 bits per heavy atom. The summed E-state index contributed by atoms with van der Waals surface area (Å²) in [5.74, 6) is -17.2. The van der Waals surface area contributed by atoms with Crippen LogP contribution in [0.1, 0.15) is 148 Å². The van der Waals surface area contributed by atoms with Crippen LogP contribution in [0.5, 0.6) is 5.75 Å². The van der Waals surface area contributed by atoms with Gasteiger partial charge in [0.2, 0.25) is 17.4 Å². The van der Waals surface area contributed by atoms with E-state index in [0.29, 0.717) is 11.5 Å². The number of benzene rings is 2. The molecule has 8 rings (SSSR count). The molecule has 1 saturated heterocycles. The molecule has 0 aromatic heterocycles. The number of carbonyl (C=O) groups is 2. The first-order chi connectivity index (χ1) is 26.2. The predicted octanol–water partition coefficient (Wildman–Crippen LogP) is 8.13. The van der Waals surface area contributed by atoms with E-state index in [2.05, 4.69) is 12.1 Å². The summed E-state index contributed by atoms with van der Waals surface area (Å²) in [6.07, 6.45) is 13.1. The Kier molecular flexibility index (Phi) is 10.4. The van der Waals surface area contributed by atoms with E-state index in [0.717, 1.165) is 101 Å². The standard InChI is InChI=1S/C39H44F4O10S2/c40-29-31(42)37(54(46,47)48)32(43)30(41)35(29)52-39(45)28-25-18-26-34(53-55(49,50)36(26)28)33(25)51-38(44)27-23(20-12-6-2-7-13-20)16-22(19-10-4-1-5-11-19)17-24(27)21-14-8-3-9-15-21/h16-17,19-21,25-26,28,33-34,36H,1-15,18H2,(H,46,47,48). The highest BCUT2D eigenvalue weighted by atomic mass is 32.2. The second-order valence-electron chi connectivity index (χ2n) is 16.4. The van der Waals surface area contributed by atoms with Crippen LogP contribution in [-0.2, 0) is 34.0 Å². The fourth-order valence-corrected chi connectivity index (χ4v) is 13.5. The number of esters is 2. The van der Waals surface area contributed by atoms with E-state index in [1.54, 1.807) is 0 Å². The van der Waals surface area contributed by atoms with Crippen LogP contribution in [0.4, 0.5) is 17.6 Å². The zero-order valence-corrected chi connectivity index (χ0v) is 31.7. The Morgan fingerprint density at radius 3 is 1.71 bits per heavy atom. The maximum Gasteiger partial charge on any atom is 0.339 e. The number of hydrogen-bond acceptors (Lipinski definition) is 9. The van der Waals surface area contributed by atoms with Gasteiger partial charge in [0, 0.05) is 11.8 Å². The number of carbonyl (C=O) groups excluding carboxylic acids is 2. The van der Waals surface area contributed by atoms with Gasteiger partial charge in [-0.05, 0) is 79.4 Å². The highest BCUT2D eigenvalue weighted by Crippen LogP contribution is 2.59. The fourth-order valence-electron chi connectivity index (χ4n) is 10.8. The third-order valence-corrected chi connectivity index (χ3v) is 16.0. The second-order valence-corrected chi connectivity index (χ2v) is 19.4. The van der Waals surface area contributed by atoms with Gasteiger partial charge in [-0.3, -0.25) is 13.5 Å². The van der Waals surface area contributed by atoms with E-state index >= 15 is 0 Å². The topological polar surface area (TPSA) is 150 Å². The third-order valence-electron chi connectivity index (χ3n) is 13.3. The number of rotatable bonds is 8. The van der Waals surface area contributed by atoms with Crippen molar-refractivity contribution < 1.29 is 62.2 Å². The molecular formula is C39H44F4O10S2. The van der Waals surface area contributed by atoms with Crippen LogP contribution in [0.25, 0.3) is 0 Å². The lowest BCUT2D eigenvalue weighted by Gasteiger charge is -2.34. The first-order valence-electron chi connectivity index (χ1n) is 19.5. The molecule has 2 aromatic rings. The molecule has 0 spiro atoms. The maximum atomic E-state index is 14.9. The van der Waals surface area contributed by atoms with Crippen LogP contribution in [0.3, 0.4) is 0 Å². The Labute approximate surface area is 317 Å². The monoisotopic (exact) mass is 812 g/mol. The summed E-state index contributed by atoms with van der Waals surface area (Å²) < 4.78 is 134. The molecule has 6 aliphatic rings. The average molecular weight is 813 g/mol. The van der Waals surface area contributed by atoms with Crippen LogP contribution in [0.15, 0.2) is 17.0 Å². The van der Waals surface area contributed by atoms with Crippen molar-refractivity contribution in [3.8, 4) is 5.75 Å². The molecule has 6 fully saturated rings. The molecule has 1 aliphatic heterocycles. The van der Waals surface area contributed by atoms with Gasteiger partial charge in [-0.2, -0.15) is 25.6 Å². The first-order valence-corrected chi connectivity index (χ1v) is 22.4. The largest absolute Gasteiger partial charge is 0.456 e. The maximum absolute atomic E-state index is 14.9. The van der Waals surface area contributed by atoms with E-state index < -0.39 is 101 Å². The minimum atomic E-state index is -5.79. The molecule has 0 amide bonds. The van der Waals surface area contributed by atoms with Crippen molar-refractivity contribution >= 4 is 32.2 Å². The molecule has 1 heterocycles. The quantitative estimate of drug-likeness (QED) is 0.0692. The van der Waals surface area contributed by atoms with Gasteiger partial charge in [0.1, 0.15) is 17.5 Å². The van der Waals surface area contributed by atoms with Crippen molar-refractivity contribution in [2.75, 3.05) is 0 Å². The SMILES string of the molecule is O=C(OC1C2CC3C1OS(=O)(=O)C3C2C(=O)Oc1c(F)c(F)c(S(=O)(=O)O)c(F)c1F)c1c(C2CCCCC2)cc(C2CCCCC2)cc1C1CCCCC1. The van der Waals surface area contributed by atoms with Crippen molar-refractivity contribution in [3.63, 3.8) is 0 Å². The molecule has 5 saturated carbocycles. The molecule has 2 bridgehead atoms. The molecular weight excluding hydrogens is 769 g/mol. The van der Waals surface area contributed by atoms with Crippen LogP contribution in [0.2, 0.25) is 0 Å². The van der Waals surface area contributed by atoms with Gasteiger partial charge >= 0.3 is 22.1 Å². The fraction of sp³-hybridized carbons (Fsp3) is 0.641. The first kappa shape index (κ1) is 38.8. The van der Waals surface area contributed by atoms with Crippen molar-refractivity contribution in [3.05, 3.63) is 57.7 Å². The van der Waals surface area contributed by atoms with Gasteiger partial charge in [-0.15, -0.1) is 0 Å². The van der Waals surface area contributed by atoms with Crippen LogP contribution in [0, 0.1) is 41.0 Å². The summed E-state index contributed by atoms with van der Waals surface area (Å²) in [6, 6.07) is 4.38. The molecule has 0 radical (unpaired) electrons. The summed E-state index contributed by atoms with van der Waals surface area (Å²) >= 11 is 0. The predicted molar refractivity (Wildman–Crippen MR) is 188 cm³/mol. The zero-order valence-electron chi connectivity index (χ0n) is 30.1. The molecule has 2 aromatic carbocycles. The second kappa shape index (κ2) is 14.7. The van der Waals surface area contributed by atoms with E-state index in [1.165, 1.54) is 12.0 Å². The van der Waals surface area contributed by atoms with Gasteiger partial charge in [0.15, 0.2) is 16.5 Å². The molecule has 6 unspecified atom stereocenters. The Morgan fingerprint density at radius 2 is 1.22 bits per heavy atom. The van der Waals surface area contributed by atoms with Crippen molar-refractivity contribution in [1.29, 1.82) is 0 Å². The Bertz CT molecular complexity index is 2040. The molecule has 16 heteroatoms. The normalized spacial score (nSPS) is 29.8. The van der Waals surface area contributed by atoms with Crippen LogP contribution < -0.4 is 4.74 Å². The summed E-state index contributed by atoms with van der Waals surface area (Å²) in [7, 11) is -10.3. The molecule has 300 valence electrons. The van der Waals surface area contributed by atoms with Gasteiger partial charge in [0.05, 0.1) is 11.5 Å². The van der Waals surface area contributed by atoms with Gasteiger partial charge in [-0.25, -0.2) is 13.6 Å². The Hall–Kier alpha value is -3.08. The number of hydrogen-bond donors (Lipinski definition) is 1. The van der Waals surface area contributed by atoms with Gasteiger partial charge in [0.25, 0.3) is 10.1 Å². The van der Waals surface area contributed by atoms with Crippen molar-refractivity contribution in [2.45, 2.75) is 143 Å². The average Bonchev–Trinajstić information content (AvgIpc) is 3.79. The zero-order chi connectivity index (χ0) is 39.0. The van der Waals surface area contributed by atoms with E-state index in [-0.39, 0.29) is 18.3 Å². The lowest BCUT2D eigenvalue weighted by atomic mass is 9.73. The lowest BCUT2D eigenvalue weighted by Crippen LogP contribution is -2.46. The van der Waals surface area contributed by atoms with Crippen LogP contribution in [-0.4, -0.2) is 50.8 Å². The highest BCUT2D eigenvalue weighted by Gasteiger charge is 2.72. The number of fused-ring (bicyclic) bond motifs is 1. The summed E-state index contributed by atoms with van der Waals surface area (Å²) in [6.45, 7) is 0. The van der Waals surface area contributed by atoms with Gasteiger partial charge in [-0.1, -0.05) is 69.9 Å². The molecule has 55 heavy (non-hydrogen) atoms. The smallest absolute Gasteiger partial charge is 0.339 e. The minimum Gasteiger partial charge on any atom is -0.456 e. The molecule has 1 N–H and O–H groups in total. The summed E-state index contributed by atoms with van der Waals surface area (Å²) in [5, 5.41) is -1.56. The minimum absolute atomic E-state index is 0.00718. The molecule has 10 nitrogen and oxygen atoms in total. The number of ether oxygens (including phenoxy) is 2. The van der Waals surface area contributed by atoms with E-state index in [4.69, 9.17) is 18.2 Å². The van der Waals surface area contributed by atoms with E-state index in [9.17, 15) is 44.0 Å². The molecule has 6 atom stereocenters. The van der Waals surface area contributed by atoms with E-state index in [1.807, 2.05) is 0 Å². The molecule has 5 aliphatic carbocycles. The lowest BCUT2D eigenvalue weighted by molar-refractivity contribution is -0.143. The van der Waals surface area contributed by atoms with Crippen molar-refractivity contribution in [2.24, 2.45) is 17.8 Å². The van der Waals surface area contributed by atoms with Crippen molar-refractivity contribution in [1.82, 2.24) is 0 Å². The van der Waals surface area contributed by atoms with Crippen LogP contribution >= 0.6 is 0 Å². The Balaban J connectivity index is 1.15. The number of halogens is 4. The summed E-state index contributed by atoms with van der Waals surface area (Å²) in [5.41, 5.74) is 3.60. The van der Waals surface area contributed by atoms with Gasteiger partial charge < -0.3 is 9.47 Å². The third kappa shape index (κ3) is 6.79.